The van der Waals surface area contributed by atoms with E-state index < -0.39 is 0 Å². The van der Waals surface area contributed by atoms with E-state index >= 15 is 0 Å². The fourth-order valence-electron chi connectivity index (χ4n) is 1.45. The number of aromatic nitrogens is 1. The third kappa shape index (κ3) is 3.92. The highest BCUT2D eigenvalue weighted by Crippen LogP contribution is 2.24. The molecule has 0 aliphatic carbocycles. The lowest BCUT2D eigenvalue weighted by Crippen LogP contribution is -2.29. The number of rotatable bonds is 5. The molecule has 0 spiro atoms. The Balaban J connectivity index is 2.77. The van der Waals surface area contributed by atoms with Gasteiger partial charge in [0.2, 0.25) is 0 Å². The highest BCUT2D eigenvalue weighted by Gasteiger charge is 2.14. The van der Waals surface area contributed by atoms with Crippen LogP contribution < -0.4 is 11.1 Å². The van der Waals surface area contributed by atoms with Crippen LogP contribution >= 0.6 is 27.5 Å². The summed E-state index contributed by atoms with van der Waals surface area (Å²) in [5.74, 6) is 1.21. The molecule has 90 valence electrons. The van der Waals surface area contributed by atoms with Crippen molar-refractivity contribution < 1.29 is 0 Å². The summed E-state index contributed by atoms with van der Waals surface area (Å²) in [5.41, 5.74) is 5.58. The molecule has 0 aliphatic heterocycles. The molecule has 3 nitrogen and oxygen atoms in total. The molecule has 1 unspecified atom stereocenters. The number of anilines is 1. The Bertz CT molecular complexity index is 344. The normalized spacial score (nSPS) is 12.9. The standard InChI is InChI=1S/C11H17BrClN3/c1-7(2)10(3-4-14)16-11-9(13)5-8(12)6-15-11/h5-7,10H,3-4,14H2,1-2H3,(H,15,16). The average molecular weight is 307 g/mol. The number of hydrogen-bond donors (Lipinski definition) is 2. The quantitative estimate of drug-likeness (QED) is 0.877. The highest BCUT2D eigenvalue weighted by atomic mass is 79.9. The second kappa shape index (κ2) is 6.42. The largest absolute Gasteiger partial charge is 0.366 e. The lowest BCUT2D eigenvalue weighted by atomic mass is 10.0. The number of nitrogens with two attached hydrogens (primary N) is 1. The second-order valence-corrected chi connectivity index (χ2v) is 5.38. The van der Waals surface area contributed by atoms with Gasteiger partial charge in [0.1, 0.15) is 5.82 Å². The molecule has 5 heteroatoms. The second-order valence-electron chi connectivity index (χ2n) is 4.06. The predicted octanol–water partition coefficient (Wildman–Crippen LogP) is 3.28. The Morgan fingerprint density at radius 2 is 2.25 bits per heavy atom. The Labute approximate surface area is 110 Å². The van der Waals surface area contributed by atoms with E-state index in [4.69, 9.17) is 17.3 Å². The van der Waals surface area contributed by atoms with E-state index in [1.807, 2.05) is 6.07 Å². The molecule has 1 atom stereocenters. The first-order valence-corrected chi connectivity index (χ1v) is 6.49. The number of hydrogen-bond acceptors (Lipinski definition) is 3. The van der Waals surface area contributed by atoms with E-state index in [0.29, 0.717) is 23.5 Å². The van der Waals surface area contributed by atoms with Gasteiger partial charge in [-0.05, 0) is 40.9 Å². The topological polar surface area (TPSA) is 50.9 Å². The van der Waals surface area contributed by atoms with Crippen molar-refractivity contribution in [1.29, 1.82) is 0 Å². The summed E-state index contributed by atoms with van der Waals surface area (Å²) in [4.78, 5) is 4.25. The first-order valence-electron chi connectivity index (χ1n) is 5.32. The number of nitrogens with one attached hydrogen (secondary N) is 1. The van der Waals surface area contributed by atoms with Crippen LogP contribution in [0.15, 0.2) is 16.7 Å². The van der Waals surface area contributed by atoms with Crippen LogP contribution in [0, 0.1) is 5.92 Å². The average Bonchev–Trinajstić information content (AvgIpc) is 2.20. The van der Waals surface area contributed by atoms with E-state index in [1.54, 1.807) is 6.20 Å². The van der Waals surface area contributed by atoms with Crippen LogP contribution in [0.2, 0.25) is 5.02 Å². The predicted molar refractivity (Wildman–Crippen MR) is 72.9 cm³/mol. The zero-order chi connectivity index (χ0) is 12.1. The molecular formula is C11H17BrClN3. The molecule has 0 aliphatic rings. The minimum atomic E-state index is 0.302. The van der Waals surface area contributed by atoms with Gasteiger partial charge in [0, 0.05) is 16.7 Å². The summed E-state index contributed by atoms with van der Waals surface area (Å²) >= 11 is 9.42. The van der Waals surface area contributed by atoms with E-state index in [2.05, 4.69) is 40.1 Å². The van der Waals surface area contributed by atoms with Gasteiger partial charge in [0.25, 0.3) is 0 Å². The fraction of sp³-hybridized carbons (Fsp3) is 0.545. The fourth-order valence-corrected chi connectivity index (χ4v) is 2.13. The molecule has 1 heterocycles. The van der Waals surface area contributed by atoms with Gasteiger partial charge < -0.3 is 11.1 Å². The summed E-state index contributed by atoms with van der Waals surface area (Å²) in [7, 11) is 0. The number of nitrogens with zero attached hydrogens (tertiary/aromatic N) is 1. The van der Waals surface area contributed by atoms with Crippen LogP contribution in [-0.2, 0) is 0 Å². The summed E-state index contributed by atoms with van der Waals surface area (Å²) < 4.78 is 0.878. The first kappa shape index (κ1) is 13.7. The van der Waals surface area contributed by atoms with Gasteiger partial charge >= 0.3 is 0 Å². The van der Waals surface area contributed by atoms with Gasteiger partial charge in [0.05, 0.1) is 5.02 Å². The summed E-state index contributed by atoms with van der Waals surface area (Å²) in [6.45, 7) is 4.96. The first-order chi connectivity index (χ1) is 7.54. The van der Waals surface area contributed by atoms with Gasteiger partial charge in [-0.25, -0.2) is 4.98 Å². The summed E-state index contributed by atoms with van der Waals surface area (Å²) in [6.07, 6.45) is 2.64. The van der Waals surface area contributed by atoms with Crippen LogP contribution in [0.4, 0.5) is 5.82 Å². The molecule has 0 aromatic carbocycles. The van der Waals surface area contributed by atoms with Crippen molar-refractivity contribution in [2.45, 2.75) is 26.3 Å². The van der Waals surface area contributed by atoms with Crippen LogP contribution in [0.25, 0.3) is 0 Å². The summed E-state index contributed by atoms with van der Waals surface area (Å²) in [5, 5.41) is 3.95. The van der Waals surface area contributed by atoms with Gasteiger partial charge in [-0.2, -0.15) is 0 Å². The summed E-state index contributed by atoms with van der Waals surface area (Å²) in [6, 6.07) is 2.13. The minimum absolute atomic E-state index is 0.302. The molecule has 1 aromatic rings. The maximum absolute atomic E-state index is 6.09. The molecule has 1 rings (SSSR count). The molecular weight excluding hydrogens is 289 g/mol. The van der Waals surface area contributed by atoms with Crippen molar-refractivity contribution in [3.8, 4) is 0 Å². The maximum Gasteiger partial charge on any atom is 0.145 e. The molecule has 0 saturated heterocycles. The molecule has 16 heavy (non-hydrogen) atoms. The van der Waals surface area contributed by atoms with E-state index in [1.165, 1.54) is 0 Å². The third-order valence-corrected chi connectivity index (χ3v) is 3.13. The van der Waals surface area contributed by atoms with Crippen LogP contribution in [0.5, 0.6) is 0 Å². The molecule has 1 aromatic heterocycles. The number of halogens is 2. The molecule has 3 N–H and O–H groups in total. The zero-order valence-electron chi connectivity index (χ0n) is 9.50. The highest BCUT2D eigenvalue weighted by molar-refractivity contribution is 9.10. The van der Waals surface area contributed by atoms with E-state index in [0.717, 1.165) is 16.7 Å². The molecule has 0 bridgehead atoms. The Hall–Kier alpha value is -0.320. The lowest BCUT2D eigenvalue weighted by Gasteiger charge is -2.22. The van der Waals surface area contributed by atoms with Gasteiger partial charge in [-0.1, -0.05) is 25.4 Å². The monoisotopic (exact) mass is 305 g/mol. The molecule has 0 amide bonds. The minimum Gasteiger partial charge on any atom is -0.366 e. The lowest BCUT2D eigenvalue weighted by molar-refractivity contribution is 0.497. The van der Waals surface area contributed by atoms with E-state index in [9.17, 15) is 0 Å². The van der Waals surface area contributed by atoms with Gasteiger partial charge in [0.15, 0.2) is 0 Å². The molecule has 0 fully saturated rings. The van der Waals surface area contributed by atoms with Crippen molar-refractivity contribution in [3.63, 3.8) is 0 Å². The SMILES string of the molecule is CC(C)C(CCN)Nc1ncc(Br)cc1Cl. The maximum atomic E-state index is 6.09. The van der Waals surface area contributed by atoms with E-state index in [-0.39, 0.29) is 0 Å². The third-order valence-electron chi connectivity index (χ3n) is 2.41. The van der Waals surface area contributed by atoms with Crippen molar-refractivity contribution in [1.82, 2.24) is 4.98 Å². The van der Waals surface area contributed by atoms with Crippen molar-refractivity contribution >= 4 is 33.3 Å². The van der Waals surface area contributed by atoms with Crippen molar-refractivity contribution in [2.75, 3.05) is 11.9 Å². The zero-order valence-corrected chi connectivity index (χ0v) is 11.8. The van der Waals surface area contributed by atoms with Crippen molar-refractivity contribution in [3.05, 3.63) is 21.8 Å². The Kier molecular flexibility index (Phi) is 5.52. The van der Waals surface area contributed by atoms with Crippen LogP contribution in [0.3, 0.4) is 0 Å². The van der Waals surface area contributed by atoms with Gasteiger partial charge in [-0.3, -0.25) is 0 Å². The Morgan fingerprint density at radius 1 is 1.56 bits per heavy atom. The van der Waals surface area contributed by atoms with Crippen LogP contribution in [0.1, 0.15) is 20.3 Å². The van der Waals surface area contributed by atoms with Crippen LogP contribution in [-0.4, -0.2) is 17.6 Å². The molecule has 0 radical (unpaired) electrons. The molecule has 0 saturated carbocycles. The van der Waals surface area contributed by atoms with Crippen molar-refractivity contribution in [2.24, 2.45) is 11.7 Å². The number of pyridine rings is 1. The van der Waals surface area contributed by atoms with Gasteiger partial charge in [-0.15, -0.1) is 0 Å². The Morgan fingerprint density at radius 3 is 2.75 bits per heavy atom. The smallest absolute Gasteiger partial charge is 0.145 e.